The number of hydrogen-bond acceptors (Lipinski definition) is 2. The quantitative estimate of drug-likeness (QED) is 0.813. The van der Waals surface area contributed by atoms with Gasteiger partial charge in [-0.2, -0.15) is 0 Å². The Bertz CT molecular complexity index is 399. The number of likely N-dealkylation sites (N-methyl/N-ethyl adjacent to an activating group) is 1. The summed E-state index contributed by atoms with van der Waals surface area (Å²) in [7, 11) is 1.89. The van der Waals surface area contributed by atoms with E-state index in [4.69, 9.17) is 0 Å². The van der Waals surface area contributed by atoms with Crippen molar-refractivity contribution in [3.8, 4) is 0 Å². The number of carbonyl (C=O) groups excluding carboxylic acids is 1. The van der Waals surface area contributed by atoms with Gasteiger partial charge in [0.15, 0.2) is 0 Å². The van der Waals surface area contributed by atoms with Crippen molar-refractivity contribution in [3.63, 3.8) is 0 Å². The zero-order valence-electron chi connectivity index (χ0n) is 11.4. The third-order valence-corrected chi connectivity index (χ3v) is 3.66. The molecule has 1 aromatic rings. The third-order valence-electron chi connectivity index (χ3n) is 3.66. The van der Waals surface area contributed by atoms with E-state index in [-0.39, 0.29) is 5.91 Å². The molecule has 0 aromatic heterocycles. The molecule has 0 unspecified atom stereocenters. The van der Waals surface area contributed by atoms with Gasteiger partial charge in [-0.15, -0.1) is 0 Å². The third kappa shape index (κ3) is 3.33. The van der Waals surface area contributed by atoms with Gasteiger partial charge in [0.2, 0.25) is 5.91 Å². The van der Waals surface area contributed by atoms with E-state index in [0.717, 1.165) is 32.6 Å². The molecular formula is C15H22N2O. The first-order valence-corrected chi connectivity index (χ1v) is 6.73. The largest absolute Gasteiger partial charge is 0.344 e. The lowest BCUT2D eigenvalue weighted by Gasteiger charge is -2.19. The first kappa shape index (κ1) is 13.1. The molecule has 18 heavy (non-hydrogen) atoms. The molecule has 0 aliphatic carbocycles. The van der Waals surface area contributed by atoms with E-state index in [0.29, 0.717) is 6.42 Å². The highest BCUT2D eigenvalue weighted by molar-refractivity contribution is 5.76. The van der Waals surface area contributed by atoms with E-state index >= 15 is 0 Å². The van der Waals surface area contributed by atoms with Gasteiger partial charge in [0.05, 0.1) is 0 Å². The number of amides is 1. The van der Waals surface area contributed by atoms with Crippen LogP contribution in [0.3, 0.4) is 0 Å². The molecule has 0 N–H and O–H groups in total. The van der Waals surface area contributed by atoms with Crippen LogP contribution in [0.1, 0.15) is 24.5 Å². The van der Waals surface area contributed by atoms with Gasteiger partial charge in [-0.05, 0) is 17.5 Å². The van der Waals surface area contributed by atoms with Crippen LogP contribution < -0.4 is 0 Å². The van der Waals surface area contributed by atoms with Crippen molar-refractivity contribution in [2.45, 2.75) is 26.3 Å². The first-order valence-electron chi connectivity index (χ1n) is 6.73. The SMILES string of the molecule is CCc1ccc(CN2CCC(=O)N(C)CC2)cc1. The van der Waals surface area contributed by atoms with E-state index in [1.165, 1.54) is 11.1 Å². The predicted molar refractivity (Wildman–Crippen MR) is 73.4 cm³/mol. The Hall–Kier alpha value is -1.35. The second kappa shape index (κ2) is 6.01. The minimum absolute atomic E-state index is 0.263. The monoisotopic (exact) mass is 246 g/mol. The van der Waals surface area contributed by atoms with E-state index < -0.39 is 0 Å². The number of nitrogens with zero attached hydrogens (tertiary/aromatic N) is 2. The minimum Gasteiger partial charge on any atom is -0.344 e. The number of hydrogen-bond donors (Lipinski definition) is 0. The second-order valence-electron chi connectivity index (χ2n) is 5.01. The number of benzene rings is 1. The molecule has 0 spiro atoms. The van der Waals surface area contributed by atoms with Crippen LogP contribution in [-0.4, -0.2) is 42.4 Å². The summed E-state index contributed by atoms with van der Waals surface area (Å²) in [4.78, 5) is 15.8. The van der Waals surface area contributed by atoms with Crippen LogP contribution in [0.5, 0.6) is 0 Å². The fourth-order valence-corrected chi connectivity index (χ4v) is 2.27. The Labute approximate surface area is 109 Å². The summed E-state index contributed by atoms with van der Waals surface area (Å²) >= 11 is 0. The highest BCUT2D eigenvalue weighted by atomic mass is 16.2. The van der Waals surface area contributed by atoms with Gasteiger partial charge in [0.1, 0.15) is 0 Å². The molecule has 0 atom stereocenters. The molecule has 1 aromatic carbocycles. The van der Waals surface area contributed by atoms with Crippen molar-refractivity contribution in [3.05, 3.63) is 35.4 Å². The number of aryl methyl sites for hydroxylation is 1. The van der Waals surface area contributed by atoms with Crippen LogP contribution in [0.25, 0.3) is 0 Å². The average molecular weight is 246 g/mol. The lowest BCUT2D eigenvalue weighted by molar-refractivity contribution is -0.129. The summed E-state index contributed by atoms with van der Waals surface area (Å²) in [5.41, 5.74) is 2.72. The summed E-state index contributed by atoms with van der Waals surface area (Å²) < 4.78 is 0. The van der Waals surface area contributed by atoms with Crippen molar-refractivity contribution in [2.75, 3.05) is 26.7 Å². The maximum atomic E-state index is 11.6. The maximum absolute atomic E-state index is 11.6. The fourth-order valence-electron chi connectivity index (χ4n) is 2.27. The normalized spacial score (nSPS) is 17.9. The highest BCUT2D eigenvalue weighted by Gasteiger charge is 2.17. The van der Waals surface area contributed by atoms with Crippen molar-refractivity contribution in [1.29, 1.82) is 0 Å². The Morgan fingerprint density at radius 2 is 1.72 bits per heavy atom. The molecule has 1 fully saturated rings. The Morgan fingerprint density at radius 1 is 1.06 bits per heavy atom. The smallest absolute Gasteiger partial charge is 0.223 e. The molecule has 1 aliphatic rings. The fraction of sp³-hybridized carbons (Fsp3) is 0.533. The Morgan fingerprint density at radius 3 is 2.39 bits per heavy atom. The van der Waals surface area contributed by atoms with Crippen molar-refractivity contribution < 1.29 is 4.79 Å². The van der Waals surface area contributed by atoms with Crippen LogP contribution in [0.2, 0.25) is 0 Å². The maximum Gasteiger partial charge on any atom is 0.223 e. The van der Waals surface area contributed by atoms with Crippen molar-refractivity contribution in [2.24, 2.45) is 0 Å². The molecule has 1 heterocycles. The van der Waals surface area contributed by atoms with E-state index in [2.05, 4.69) is 36.1 Å². The van der Waals surface area contributed by atoms with E-state index in [9.17, 15) is 4.79 Å². The summed E-state index contributed by atoms with van der Waals surface area (Å²) in [6.07, 6.45) is 1.73. The van der Waals surface area contributed by atoms with Crippen LogP contribution in [0.4, 0.5) is 0 Å². The lowest BCUT2D eigenvalue weighted by Crippen LogP contribution is -2.29. The van der Waals surface area contributed by atoms with Crippen LogP contribution in [0, 0.1) is 0 Å². The minimum atomic E-state index is 0.263. The number of rotatable bonds is 3. The lowest BCUT2D eigenvalue weighted by atomic mass is 10.1. The van der Waals surface area contributed by atoms with Gasteiger partial charge in [-0.1, -0.05) is 31.2 Å². The molecule has 1 aliphatic heterocycles. The average Bonchev–Trinajstić information content (AvgIpc) is 2.55. The standard InChI is InChI=1S/C15H22N2O/c1-3-13-4-6-14(7-5-13)12-17-9-8-15(18)16(2)10-11-17/h4-7H,3,8-12H2,1-2H3. The predicted octanol–water partition coefficient (Wildman–Crippen LogP) is 1.91. The van der Waals surface area contributed by atoms with E-state index in [1.54, 1.807) is 0 Å². The molecule has 3 heteroatoms. The van der Waals surface area contributed by atoms with Crippen molar-refractivity contribution in [1.82, 2.24) is 9.80 Å². The van der Waals surface area contributed by atoms with Gasteiger partial charge in [0, 0.05) is 39.6 Å². The molecule has 2 rings (SSSR count). The molecule has 0 saturated carbocycles. The molecule has 1 amide bonds. The first-order chi connectivity index (χ1) is 8.69. The molecule has 0 radical (unpaired) electrons. The van der Waals surface area contributed by atoms with Gasteiger partial charge in [0.25, 0.3) is 0 Å². The molecular weight excluding hydrogens is 224 g/mol. The molecule has 1 saturated heterocycles. The Kier molecular flexibility index (Phi) is 4.37. The zero-order chi connectivity index (χ0) is 13.0. The summed E-state index contributed by atoms with van der Waals surface area (Å²) in [5, 5.41) is 0. The van der Waals surface area contributed by atoms with Crippen LogP contribution >= 0.6 is 0 Å². The van der Waals surface area contributed by atoms with Crippen LogP contribution in [0.15, 0.2) is 24.3 Å². The van der Waals surface area contributed by atoms with Gasteiger partial charge in [-0.25, -0.2) is 0 Å². The van der Waals surface area contributed by atoms with Gasteiger partial charge < -0.3 is 4.90 Å². The molecule has 3 nitrogen and oxygen atoms in total. The second-order valence-corrected chi connectivity index (χ2v) is 5.01. The highest BCUT2D eigenvalue weighted by Crippen LogP contribution is 2.10. The summed E-state index contributed by atoms with van der Waals surface area (Å²) in [6, 6.07) is 8.80. The molecule has 0 bridgehead atoms. The summed E-state index contributed by atoms with van der Waals surface area (Å²) in [6.45, 7) is 5.80. The van der Waals surface area contributed by atoms with Crippen LogP contribution in [-0.2, 0) is 17.8 Å². The van der Waals surface area contributed by atoms with E-state index in [1.807, 2.05) is 11.9 Å². The topological polar surface area (TPSA) is 23.6 Å². The van der Waals surface area contributed by atoms with Gasteiger partial charge >= 0.3 is 0 Å². The Balaban J connectivity index is 1.94. The van der Waals surface area contributed by atoms with Gasteiger partial charge in [-0.3, -0.25) is 9.69 Å². The summed E-state index contributed by atoms with van der Waals surface area (Å²) in [5.74, 6) is 0.263. The van der Waals surface area contributed by atoms with Crippen molar-refractivity contribution >= 4 is 5.91 Å². The zero-order valence-corrected chi connectivity index (χ0v) is 11.4. The number of carbonyl (C=O) groups is 1. The molecule has 98 valence electrons.